The topological polar surface area (TPSA) is 96.5 Å². The van der Waals surface area contributed by atoms with E-state index in [1.807, 2.05) is 0 Å². The van der Waals surface area contributed by atoms with Crippen LogP contribution in [0.2, 0.25) is 0 Å². The van der Waals surface area contributed by atoms with Gasteiger partial charge in [-0.05, 0) is 29.8 Å². The van der Waals surface area contributed by atoms with E-state index in [4.69, 9.17) is 4.42 Å². The van der Waals surface area contributed by atoms with Crippen molar-refractivity contribution in [2.45, 2.75) is 6.04 Å². The number of furan rings is 1. The Bertz CT molecular complexity index is 997. The molecule has 1 amide bonds. The number of nitrogens with zero attached hydrogens (tertiary/aromatic N) is 3. The number of rotatable bonds is 4. The molecule has 1 aliphatic heterocycles. The third-order valence-electron chi connectivity index (χ3n) is 3.94. The van der Waals surface area contributed by atoms with E-state index in [9.17, 15) is 19.1 Å². The van der Waals surface area contributed by atoms with Gasteiger partial charge in [0, 0.05) is 0 Å². The van der Waals surface area contributed by atoms with E-state index in [2.05, 4.69) is 10.2 Å². The number of carbonyl (C=O) groups is 2. The van der Waals surface area contributed by atoms with Crippen LogP contribution in [0.5, 0.6) is 0 Å². The van der Waals surface area contributed by atoms with E-state index in [0.29, 0.717) is 5.56 Å². The molecule has 7 nitrogen and oxygen atoms in total. The fourth-order valence-corrected chi connectivity index (χ4v) is 3.39. The first-order valence-electron chi connectivity index (χ1n) is 7.44. The Hall–Kier alpha value is -3.33. The molecule has 0 spiro atoms. The molecule has 3 heterocycles. The highest BCUT2D eigenvalue weighted by atomic mass is 32.1. The lowest BCUT2D eigenvalue weighted by atomic mass is 9.95. The summed E-state index contributed by atoms with van der Waals surface area (Å²) in [5.74, 6) is -2.61. The quantitative estimate of drug-likeness (QED) is 0.708. The molecule has 0 radical (unpaired) electrons. The maximum Gasteiger partial charge on any atom is 0.296 e. The minimum atomic E-state index is -0.978. The molecule has 1 N–H and O–H groups in total. The van der Waals surface area contributed by atoms with Crippen molar-refractivity contribution < 1.29 is 23.5 Å². The number of aliphatic hydroxyl groups is 1. The van der Waals surface area contributed by atoms with Gasteiger partial charge in [0.2, 0.25) is 10.9 Å². The van der Waals surface area contributed by atoms with E-state index >= 15 is 0 Å². The number of hydrogen-bond acceptors (Lipinski definition) is 7. The summed E-state index contributed by atoms with van der Waals surface area (Å²) >= 11 is 1.08. The first-order valence-corrected chi connectivity index (χ1v) is 8.32. The van der Waals surface area contributed by atoms with E-state index in [-0.39, 0.29) is 16.5 Å². The first-order chi connectivity index (χ1) is 12.6. The third kappa shape index (κ3) is 2.49. The molecule has 0 saturated heterocycles. The number of hydrogen-bond donors (Lipinski definition) is 1. The van der Waals surface area contributed by atoms with Gasteiger partial charge in [0.05, 0.1) is 17.9 Å². The molecule has 1 aromatic carbocycles. The van der Waals surface area contributed by atoms with E-state index in [1.165, 1.54) is 48.2 Å². The minimum Gasteiger partial charge on any atom is -0.503 e. The molecule has 26 heavy (non-hydrogen) atoms. The minimum absolute atomic E-state index is 0.0226. The number of aromatic nitrogens is 2. The highest BCUT2D eigenvalue weighted by Gasteiger charge is 2.46. The monoisotopic (exact) mass is 371 g/mol. The van der Waals surface area contributed by atoms with Gasteiger partial charge in [0.15, 0.2) is 11.5 Å². The highest BCUT2D eigenvalue weighted by Crippen LogP contribution is 2.42. The van der Waals surface area contributed by atoms with Crippen LogP contribution in [-0.4, -0.2) is 27.0 Å². The second-order valence-electron chi connectivity index (χ2n) is 5.42. The van der Waals surface area contributed by atoms with Crippen molar-refractivity contribution in [1.29, 1.82) is 0 Å². The van der Waals surface area contributed by atoms with Crippen LogP contribution < -0.4 is 4.90 Å². The second-order valence-corrected chi connectivity index (χ2v) is 6.23. The summed E-state index contributed by atoms with van der Waals surface area (Å²) in [4.78, 5) is 26.6. The largest absolute Gasteiger partial charge is 0.503 e. The van der Waals surface area contributed by atoms with Gasteiger partial charge in [-0.1, -0.05) is 23.5 Å². The molecule has 2 aromatic heterocycles. The van der Waals surface area contributed by atoms with Gasteiger partial charge >= 0.3 is 0 Å². The van der Waals surface area contributed by atoms with E-state index < -0.39 is 29.3 Å². The van der Waals surface area contributed by atoms with Crippen molar-refractivity contribution >= 4 is 28.2 Å². The third-order valence-corrected chi connectivity index (χ3v) is 4.63. The van der Waals surface area contributed by atoms with Gasteiger partial charge < -0.3 is 9.52 Å². The van der Waals surface area contributed by atoms with Crippen LogP contribution >= 0.6 is 11.3 Å². The van der Waals surface area contributed by atoms with Gasteiger partial charge in [0.1, 0.15) is 11.3 Å². The molecule has 0 fully saturated rings. The Morgan fingerprint density at radius 3 is 2.65 bits per heavy atom. The van der Waals surface area contributed by atoms with Crippen LogP contribution in [0.1, 0.15) is 22.2 Å². The van der Waals surface area contributed by atoms with Crippen molar-refractivity contribution in [2.75, 3.05) is 4.90 Å². The van der Waals surface area contributed by atoms with E-state index in [1.54, 1.807) is 0 Å². The van der Waals surface area contributed by atoms with Gasteiger partial charge in [-0.15, -0.1) is 10.2 Å². The molecule has 3 aromatic rings. The number of halogens is 1. The summed E-state index contributed by atoms with van der Waals surface area (Å²) < 4.78 is 18.4. The van der Waals surface area contributed by atoms with Crippen LogP contribution in [0, 0.1) is 5.82 Å². The van der Waals surface area contributed by atoms with Gasteiger partial charge in [-0.3, -0.25) is 14.5 Å². The molecule has 1 aliphatic rings. The molecule has 0 aliphatic carbocycles. The Morgan fingerprint density at radius 2 is 2.04 bits per heavy atom. The average Bonchev–Trinajstić information content (AvgIpc) is 3.38. The lowest BCUT2D eigenvalue weighted by Gasteiger charge is -2.23. The Morgan fingerprint density at radius 1 is 1.27 bits per heavy atom. The number of Topliss-reactive ketones (excluding diaryl/α,β-unsaturated/α-hetero) is 1. The molecule has 0 saturated carbocycles. The first kappa shape index (κ1) is 16.2. The fourth-order valence-electron chi connectivity index (χ4n) is 2.81. The van der Waals surface area contributed by atoms with Gasteiger partial charge in [-0.25, -0.2) is 4.39 Å². The maximum atomic E-state index is 13.3. The van der Waals surface area contributed by atoms with Crippen LogP contribution in [0.4, 0.5) is 9.52 Å². The predicted octanol–water partition coefficient (Wildman–Crippen LogP) is 3.05. The number of ketones is 1. The lowest BCUT2D eigenvalue weighted by molar-refractivity contribution is -0.117. The summed E-state index contributed by atoms with van der Waals surface area (Å²) in [6, 6.07) is 7.28. The summed E-state index contributed by atoms with van der Waals surface area (Å²) in [6.07, 6.45) is 1.32. The zero-order valence-electron chi connectivity index (χ0n) is 13.0. The summed E-state index contributed by atoms with van der Waals surface area (Å²) in [6.45, 7) is 0. The number of amides is 1. The number of carbonyl (C=O) groups excluding carboxylic acids is 2. The molecule has 130 valence electrons. The summed E-state index contributed by atoms with van der Waals surface area (Å²) in [5.41, 5.74) is 1.70. The standard InChI is InChI=1S/C17H10FN3O4S/c18-10-5-3-9(4-6-10)13-12(14(22)11-2-1-7-25-11)15(23)16(24)21(13)17-20-19-8-26-17/h1-8,13,23H. The normalized spacial score (nSPS) is 17.2. The van der Waals surface area contributed by atoms with Crippen LogP contribution in [-0.2, 0) is 4.79 Å². The van der Waals surface area contributed by atoms with Crippen molar-refractivity contribution in [1.82, 2.24) is 10.2 Å². The molecule has 9 heteroatoms. The maximum absolute atomic E-state index is 13.3. The Balaban J connectivity index is 1.88. The summed E-state index contributed by atoms with van der Waals surface area (Å²) in [7, 11) is 0. The van der Waals surface area contributed by atoms with E-state index in [0.717, 1.165) is 16.2 Å². The van der Waals surface area contributed by atoms with Crippen molar-refractivity contribution in [3.05, 3.63) is 76.6 Å². The van der Waals surface area contributed by atoms with Gasteiger partial charge in [0.25, 0.3) is 5.91 Å². The zero-order valence-corrected chi connectivity index (χ0v) is 13.8. The summed E-state index contributed by atoms with van der Waals surface area (Å²) in [5, 5.41) is 18.2. The molecular weight excluding hydrogens is 361 g/mol. The number of benzene rings is 1. The lowest BCUT2D eigenvalue weighted by Crippen LogP contribution is -2.31. The van der Waals surface area contributed by atoms with Crippen LogP contribution in [0.15, 0.2) is 63.9 Å². The smallest absolute Gasteiger partial charge is 0.296 e. The average molecular weight is 371 g/mol. The molecule has 4 rings (SSSR count). The second kappa shape index (κ2) is 6.19. The number of aliphatic hydroxyl groups excluding tert-OH is 1. The molecule has 1 atom stereocenters. The zero-order chi connectivity index (χ0) is 18.3. The molecular formula is C17H10FN3O4S. The Kier molecular flexibility index (Phi) is 3.85. The van der Waals surface area contributed by atoms with Crippen LogP contribution in [0.3, 0.4) is 0 Å². The molecule has 1 unspecified atom stereocenters. The molecule has 0 bridgehead atoms. The van der Waals surface area contributed by atoms with Crippen molar-refractivity contribution in [3.8, 4) is 0 Å². The van der Waals surface area contributed by atoms with Gasteiger partial charge in [-0.2, -0.15) is 0 Å². The van der Waals surface area contributed by atoms with Crippen molar-refractivity contribution in [2.24, 2.45) is 0 Å². The highest BCUT2D eigenvalue weighted by molar-refractivity contribution is 7.13. The van der Waals surface area contributed by atoms with Crippen molar-refractivity contribution in [3.63, 3.8) is 0 Å². The fraction of sp³-hybridized carbons (Fsp3) is 0.0588. The number of anilines is 1. The SMILES string of the molecule is O=C(C1=C(O)C(=O)N(c2nncs2)C1c1ccc(F)cc1)c1ccco1. The predicted molar refractivity (Wildman–Crippen MR) is 89.2 cm³/mol. The van der Waals surface area contributed by atoms with Crippen LogP contribution in [0.25, 0.3) is 0 Å². The Labute approximate surface area is 150 Å².